The molecule has 1 aliphatic heterocycles. The van der Waals surface area contributed by atoms with Crippen molar-refractivity contribution in [2.75, 3.05) is 31.7 Å². The lowest BCUT2D eigenvalue weighted by atomic mass is 10.0. The zero-order chi connectivity index (χ0) is 24.5. The molecule has 0 aliphatic carbocycles. The molecule has 182 valence electrons. The first-order valence-electron chi connectivity index (χ1n) is 10.7. The molecule has 8 nitrogen and oxygen atoms in total. The van der Waals surface area contributed by atoms with Crippen LogP contribution in [0.3, 0.4) is 0 Å². The predicted octanol–water partition coefficient (Wildman–Crippen LogP) is 2.70. The molecule has 1 amide bonds. The van der Waals surface area contributed by atoms with E-state index in [0.717, 1.165) is 30.7 Å². The Labute approximate surface area is 195 Å². The van der Waals surface area contributed by atoms with Crippen LogP contribution in [0.4, 0.5) is 18.9 Å². The van der Waals surface area contributed by atoms with E-state index in [1.807, 2.05) is 4.72 Å². The monoisotopic (exact) mass is 495 g/mol. The van der Waals surface area contributed by atoms with Gasteiger partial charge in [0.1, 0.15) is 18.3 Å². The summed E-state index contributed by atoms with van der Waals surface area (Å²) in [6, 6.07) is 6.84. The molecule has 4 rings (SSSR count). The zero-order valence-corrected chi connectivity index (χ0v) is 19.2. The van der Waals surface area contributed by atoms with Gasteiger partial charge >= 0.3 is 10.2 Å². The molecular weight excluding hydrogens is 471 g/mol. The van der Waals surface area contributed by atoms with E-state index in [2.05, 4.69) is 10.00 Å². The number of carbonyl (C=O) groups excluding carboxylic acids is 1. The van der Waals surface area contributed by atoms with Gasteiger partial charge in [-0.25, -0.2) is 22.4 Å². The van der Waals surface area contributed by atoms with Gasteiger partial charge in [0.15, 0.2) is 0 Å². The Morgan fingerprint density at radius 1 is 1.26 bits per heavy atom. The van der Waals surface area contributed by atoms with Crippen LogP contribution < -0.4 is 9.62 Å². The van der Waals surface area contributed by atoms with Crippen molar-refractivity contribution < 1.29 is 26.4 Å². The van der Waals surface area contributed by atoms with Crippen LogP contribution >= 0.6 is 0 Å². The zero-order valence-electron chi connectivity index (χ0n) is 18.4. The highest BCUT2D eigenvalue weighted by Crippen LogP contribution is 2.30. The first kappa shape index (κ1) is 24.0. The van der Waals surface area contributed by atoms with Gasteiger partial charge < -0.3 is 4.90 Å². The van der Waals surface area contributed by atoms with Crippen LogP contribution in [0, 0.1) is 11.6 Å². The molecule has 1 saturated heterocycles. The number of aromatic nitrogens is 2. The maximum Gasteiger partial charge on any atom is 0.303 e. The van der Waals surface area contributed by atoms with Crippen molar-refractivity contribution in [3.8, 4) is 0 Å². The Balaban J connectivity index is 1.59. The Bertz CT molecular complexity index is 1310. The summed E-state index contributed by atoms with van der Waals surface area (Å²) < 4.78 is 68.9. The molecule has 1 aromatic carbocycles. The molecule has 1 unspecified atom stereocenters. The molecule has 1 fully saturated rings. The fourth-order valence-electron chi connectivity index (χ4n) is 4.15. The van der Waals surface area contributed by atoms with E-state index in [0.29, 0.717) is 28.4 Å². The molecule has 0 radical (unpaired) electrons. The fourth-order valence-corrected chi connectivity index (χ4v) is 4.96. The topological polar surface area (TPSA) is 87.0 Å². The van der Waals surface area contributed by atoms with Crippen molar-refractivity contribution in [3.63, 3.8) is 0 Å². The molecule has 0 saturated carbocycles. The molecule has 12 heteroatoms. The normalized spacial score (nSPS) is 16.5. The van der Waals surface area contributed by atoms with E-state index >= 15 is 0 Å². The summed E-state index contributed by atoms with van der Waals surface area (Å²) in [5.41, 5.74) is 1.45. The van der Waals surface area contributed by atoms with Gasteiger partial charge in [0.2, 0.25) is 0 Å². The van der Waals surface area contributed by atoms with Crippen LogP contribution in [-0.2, 0) is 16.6 Å². The first-order chi connectivity index (χ1) is 16.2. The van der Waals surface area contributed by atoms with Gasteiger partial charge in [0, 0.05) is 38.1 Å². The van der Waals surface area contributed by atoms with Crippen LogP contribution in [0.1, 0.15) is 28.8 Å². The number of halogens is 3. The molecular formula is C22H24F3N5O3S. The van der Waals surface area contributed by atoms with Crippen LogP contribution in [0.25, 0.3) is 5.52 Å². The van der Waals surface area contributed by atoms with E-state index in [9.17, 15) is 26.4 Å². The number of fused-ring (bicyclic) bond motifs is 1. The summed E-state index contributed by atoms with van der Waals surface area (Å²) in [5.74, 6) is -1.85. The molecule has 1 N–H and O–H groups in total. The van der Waals surface area contributed by atoms with E-state index < -0.39 is 34.4 Å². The average molecular weight is 496 g/mol. The van der Waals surface area contributed by atoms with Crippen molar-refractivity contribution >= 4 is 27.3 Å². The summed E-state index contributed by atoms with van der Waals surface area (Å²) in [6.07, 6.45) is 4.86. The second-order valence-electron chi connectivity index (χ2n) is 8.15. The largest absolute Gasteiger partial charge is 0.368 e. The number of nitrogens with zero attached hydrogens (tertiary/aromatic N) is 4. The highest BCUT2D eigenvalue weighted by molar-refractivity contribution is 7.87. The number of benzene rings is 1. The molecule has 34 heavy (non-hydrogen) atoms. The number of anilines is 1. The predicted molar refractivity (Wildman–Crippen MR) is 121 cm³/mol. The number of pyridine rings is 1. The number of hydrogen-bond acceptors (Lipinski definition) is 5. The molecule has 0 spiro atoms. The lowest BCUT2D eigenvalue weighted by Gasteiger charge is -2.27. The minimum atomic E-state index is -4.21. The van der Waals surface area contributed by atoms with Crippen molar-refractivity contribution in [2.45, 2.75) is 25.3 Å². The minimum Gasteiger partial charge on any atom is -0.368 e. The van der Waals surface area contributed by atoms with Crippen molar-refractivity contribution in [3.05, 3.63) is 65.5 Å². The molecule has 1 aliphatic rings. The van der Waals surface area contributed by atoms with Gasteiger partial charge in [-0.2, -0.15) is 17.8 Å². The third-order valence-electron chi connectivity index (χ3n) is 5.95. The molecule has 0 bridgehead atoms. The lowest BCUT2D eigenvalue weighted by Crippen LogP contribution is -2.42. The standard InChI is InChI=1S/C22H24F3N5O3S/c1-28(10-7-23)34(32,33)27-22(31)19-14-26-30-9-6-18(13-21(19)30)29-8-2-3-17(29)12-15-11-16(24)4-5-20(15)25/h4-6,9,11,13-14,17H,2-3,7-8,10,12H2,1H3,(H,27,31). The second kappa shape index (κ2) is 9.63. The van der Waals surface area contributed by atoms with Crippen molar-refractivity contribution in [1.29, 1.82) is 0 Å². The first-order valence-corrected chi connectivity index (χ1v) is 12.2. The Morgan fingerprint density at radius 3 is 2.82 bits per heavy atom. The quantitative estimate of drug-likeness (QED) is 0.519. The summed E-state index contributed by atoms with van der Waals surface area (Å²) in [5, 5.41) is 4.10. The fraction of sp³-hybridized carbons (Fsp3) is 0.364. The SMILES string of the molecule is CN(CCF)S(=O)(=O)NC(=O)c1cnn2ccc(N3CCCC3Cc3cc(F)ccc3F)cc12. The minimum absolute atomic E-state index is 0.0333. The van der Waals surface area contributed by atoms with Gasteiger partial charge in [0.05, 0.1) is 17.3 Å². The van der Waals surface area contributed by atoms with Crippen LogP contribution in [0.15, 0.2) is 42.7 Å². The smallest absolute Gasteiger partial charge is 0.303 e. The molecule has 3 aromatic rings. The lowest BCUT2D eigenvalue weighted by molar-refractivity contribution is 0.0980. The number of alkyl halides is 1. The van der Waals surface area contributed by atoms with Crippen LogP contribution in [0.2, 0.25) is 0 Å². The van der Waals surface area contributed by atoms with Gasteiger partial charge in [-0.05, 0) is 55.2 Å². The average Bonchev–Trinajstić information content (AvgIpc) is 3.42. The second-order valence-corrected chi connectivity index (χ2v) is 9.93. The number of nitrogens with one attached hydrogen (secondary N) is 1. The molecule has 3 heterocycles. The van der Waals surface area contributed by atoms with E-state index in [1.165, 1.54) is 23.8 Å². The van der Waals surface area contributed by atoms with Crippen molar-refractivity contribution in [2.24, 2.45) is 0 Å². The van der Waals surface area contributed by atoms with E-state index in [1.54, 1.807) is 18.3 Å². The maximum atomic E-state index is 14.2. The van der Waals surface area contributed by atoms with Crippen molar-refractivity contribution in [1.82, 2.24) is 18.6 Å². The van der Waals surface area contributed by atoms with Gasteiger partial charge in [0.25, 0.3) is 5.91 Å². The van der Waals surface area contributed by atoms with E-state index in [4.69, 9.17) is 0 Å². The molecule has 1 atom stereocenters. The van der Waals surface area contributed by atoms with E-state index in [-0.39, 0.29) is 18.2 Å². The van der Waals surface area contributed by atoms with Gasteiger partial charge in [-0.3, -0.25) is 4.79 Å². The van der Waals surface area contributed by atoms with Gasteiger partial charge in [-0.15, -0.1) is 0 Å². The third kappa shape index (κ3) is 4.87. The van der Waals surface area contributed by atoms with Crippen LogP contribution in [0.5, 0.6) is 0 Å². The summed E-state index contributed by atoms with van der Waals surface area (Å²) in [6.45, 7) is -0.582. The highest BCUT2D eigenvalue weighted by atomic mass is 32.2. The Hall–Kier alpha value is -3.12. The Kier molecular flexibility index (Phi) is 6.80. The highest BCUT2D eigenvalue weighted by Gasteiger charge is 2.28. The number of carbonyl (C=O) groups is 1. The summed E-state index contributed by atoms with van der Waals surface area (Å²) in [7, 11) is -3.05. The third-order valence-corrected chi connectivity index (χ3v) is 7.40. The molecule has 2 aromatic heterocycles. The number of rotatable bonds is 8. The summed E-state index contributed by atoms with van der Waals surface area (Å²) in [4.78, 5) is 14.8. The summed E-state index contributed by atoms with van der Waals surface area (Å²) >= 11 is 0. The van der Waals surface area contributed by atoms with Gasteiger partial charge in [-0.1, -0.05) is 0 Å². The maximum absolute atomic E-state index is 14.2. The number of hydrogen-bond donors (Lipinski definition) is 1. The Morgan fingerprint density at radius 2 is 2.06 bits per heavy atom. The van der Waals surface area contributed by atoms with Crippen LogP contribution in [-0.4, -0.2) is 61.1 Å². The number of amides is 1.